The number of nitrogens with one attached hydrogen (secondary N) is 2. The molecule has 0 saturated heterocycles. The Labute approximate surface area is 139 Å². The van der Waals surface area contributed by atoms with Crippen LogP contribution >= 0.6 is 0 Å². The molecule has 24 heavy (non-hydrogen) atoms. The average molecular weight is 326 g/mol. The van der Waals surface area contributed by atoms with Crippen molar-refractivity contribution in [3.8, 4) is 11.5 Å². The zero-order valence-corrected chi connectivity index (χ0v) is 13.2. The van der Waals surface area contributed by atoms with Crippen LogP contribution in [0.5, 0.6) is 11.5 Å². The summed E-state index contributed by atoms with van der Waals surface area (Å²) >= 11 is 0. The highest BCUT2D eigenvalue weighted by Gasteiger charge is 2.17. The molecule has 2 aromatic rings. The van der Waals surface area contributed by atoms with Gasteiger partial charge in [0.15, 0.2) is 11.5 Å². The number of fused-ring (bicyclic) bond motifs is 1. The van der Waals surface area contributed by atoms with Crippen LogP contribution in [0.3, 0.4) is 0 Å². The van der Waals surface area contributed by atoms with Gasteiger partial charge in [-0.05, 0) is 30.7 Å². The van der Waals surface area contributed by atoms with Crippen molar-refractivity contribution < 1.29 is 19.1 Å². The number of amides is 2. The first-order valence-electron chi connectivity index (χ1n) is 7.65. The number of carbonyl (C=O) groups excluding carboxylic acids is 2. The molecule has 0 unspecified atom stereocenters. The lowest BCUT2D eigenvalue weighted by Crippen LogP contribution is -2.38. The largest absolute Gasteiger partial charge is 0.454 e. The molecule has 0 aliphatic carbocycles. The first-order chi connectivity index (χ1) is 11.6. The molecule has 124 valence electrons. The first-order valence-corrected chi connectivity index (χ1v) is 7.65. The maximum Gasteiger partial charge on any atom is 0.251 e. The van der Waals surface area contributed by atoms with Crippen molar-refractivity contribution in [2.75, 3.05) is 13.3 Å². The maximum absolute atomic E-state index is 12.1. The molecule has 0 aromatic heterocycles. The van der Waals surface area contributed by atoms with Crippen LogP contribution in [-0.4, -0.2) is 25.2 Å². The third-order valence-corrected chi connectivity index (χ3v) is 3.72. The minimum Gasteiger partial charge on any atom is -0.454 e. The van der Waals surface area contributed by atoms with Crippen molar-refractivity contribution in [2.24, 2.45) is 0 Å². The molecule has 1 heterocycles. The molecule has 6 heteroatoms. The van der Waals surface area contributed by atoms with Crippen LogP contribution in [0.4, 0.5) is 0 Å². The van der Waals surface area contributed by atoms with Gasteiger partial charge < -0.3 is 20.1 Å². The van der Waals surface area contributed by atoms with E-state index in [0.717, 1.165) is 5.56 Å². The van der Waals surface area contributed by atoms with E-state index in [9.17, 15) is 9.59 Å². The molecule has 0 bridgehead atoms. The highest BCUT2D eigenvalue weighted by molar-refractivity contribution is 5.97. The molecule has 1 aliphatic heterocycles. The minimum absolute atomic E-state index is 0.0928. The average Bonchev–Trinajstić information content (AvgIpc) is 3.08. The van der Waals surface area contributed by atoms with E-state index in [1.807, 2.05) is 37.3 Å². The number of ether oxygens (including phenoxy) is 2. The number of rotatable bonds is 5. The second-order valence-electron chi connectivity index (χ2n) is 5.45. The van der Waals surface area contributed by atoms with E-state index in [-0.39, 0.29) is 31.2 Å². The Morgan fingerprint density at radius 2 is 1.83 bits per heavy atom. The zero-order valence-electron chi connectivity index (χ0n) is 13.2. The second kappa shape index (κ2) is 7.04. The van der Waals surface area contributed by atoms with Crippen LogP contribution in [-0.2, 0) is 4.79 Å². The monoisotopic (exact) mass is 326 g/mol. The molecule has 0 radical (unpaired) electrons. The summed E-state index contributed by atoms with van der Waals surface area (Å²) in [6.45, 7) is 1.96. The van der Waals surface area contributed by atoms with Crippen LogP contribution in [0.1, 0.15) is 28.9 Å². The molecule has 2 N–H and O–H groups in total. The summed E-state index contributed by atoms with van der Waals surface area (Å²) in [5.41, 5.74) is 1.43. The van der Waals surface area contributed by atoms with Gasteiger partial charge in [-0.3, -0.25) is 9.59 Å². The molecule has 3 rings (SSSR count). The van der Waals surface area contributed by atoms with Crippen LogP contribution in [0.15, 0.2) is 48.5 Å². The summed E-state index contributed by atoms with van der Waals surface area (Å²) in [5.74, 6) is 0.557. The molecule has 0 fully saturated rings. The van der Waals surface area contributed by atoms with Gasteiger partial charge in [0.05, 0.1) is 12.6 Å². The highest BCUT2D eigenvalue weighted by atomic mass is 16.7. The maximum atomic E-state index is 12.1. The number of benzene rings is 2. The second-order valence-corrected chi connectivity index (χ2v) is 5.45. The van der Waals surface area contributed by atoms with Crippen molar-refractivity contribution in [1.29, 1.82) is 0 Å². The molecule has 1 aliphatic rings. The van der Waals surface area contributed by atoms with Gasteiger partial charge in [-0.2, -0.15) is 0 Å². The van der Waals surface area contributed by atoms with E-state index < -0.39 is 0 Å². The summed E-state index contributed by atoms with van der Waals surface area (Å²) in [4.78, 5) is 24.1. The quantitative estimate of drug-likeness (QED) is 0.881. The van der Waals surface area contributed by atoms with Crippen molar-refractivity contribution in [2.45, 2.75) is 13.0 Å². The van der Waals surface area contributed by atoms with Gasteiger partial charge >= 0.3 is 0 Å². The fraction of sp³-hybridized carbons (Fsp3) is 0.222. The Kier molecular flexibility index (Phi) is 4.65. The molecular formula is C18H18N2O4. The lowest BCUT2D eigenvalue weighted by Gasteiger charge is -2.14. The van der Waals surface area contributed by atoms with Crippen LogP contribution < -0.4 is 20.1 Å². The third-order valence-electron chi connectivity index (χ3n) is 3.72. The van der Waals surface area contributed by atoms with E-state index in [4.69, 9.17) is 9.47 Å². The topological polar surface area (TPSA) is 76.7 Å². The minimum atomic E-state index is -0.337. The zero-order chi connectivity index (χ0) is 16.9. The number of carbonyl (C=O) groups is 2. The first kappa shape index (κ1) is 15.9. The van der Waals surface area contributed by atoms with Gasteiger partial charge in [0.1, 0.15) is 0 Å². The predicted octanol–water partition coefficient (Wildman–Crippen LogP) is 2.02. The highest BCUT2D eigenvalue weighted by Crippen LogP contribution is 2.32. The summed E-state index contributed by atoms with van der Waals surface area (Å²) in [6, 6.07) is 14.4. The van der Waals surface area contributed by atoms with E-state index in [2.05, 4.69) is 10.6 Å². The standard InChI is InChI=1S/C18H18N2O4/c1-12(13-5-3-2-4-6-13)20-17(21)10-19-18(22)14-7-8-15-16(9-14)24-11-23-15/h2-9,12H,10-11H2,1H3,(H,19,22)(H,20,21)/t12-/m0/s1. The van der Waals surface area contributed by atoms with Gasteiger partial charge in [0.25, 0.3) is 5.91 Å². The Morgan fingerprint density at radius 3 is 2.62 bits per heavy atom. The van der Waals surface area contributed by atoms with E-state index in [0.29, 0.717) is 17.1 Å². The van der Waals surface area contributed by atoms with Crippen molar-refractivity contribution >= 4 is 11.8 Å². The SMILES string of the molecule is C[C@H](NC(=O)CNC(=O)c1ccc2c(c1)OCO2)c1ccccc1. The molecule has 6 nitrogen and oxygen atoms in total. The van der Waals surface area contributed by atoms with Gasteiger partial charge in [0.2, 0.25) is 12.7 Å². The van der Waals surface area contributed by atoms with Gasteiger partial charge in [0, 0.05) is 5.56 Å². The smallest absolute Gasteiger partial charge is 0.251 e. The number of hydrogen-bond donors (Lipinski definition) is 2. The predicted molar refractivity (Wildman–Crippen MR) is 87.9 cm³/mol. The Morgan fingerprint density at radius 1 is 1.08 bits per heavy atom. The molecule has 2 amide bonds. The van der Waals surface area contributed by atoms with Crippen molar-refractivity contribution in [3.05, 3.63) is 59.7 Å². The number of hydrogen-bond acceptors (Lipinski definition) is 4. The summed E-state index contributed by atoms with van der Waals surface area (Å²) < 4.78 is 10.4. The molecule has 2 aromatic carbocycles. The van der Waals surface area contributed by atoms with E-state index in [1.165, 1.54) is 0 Å². The fourth-order valence-electron chi connectivity index (χ4n) is 2.42. The van der Waals surface area contributed by atoms with Gasteiger partial charge in [-0.1, -0.05) is 30.3 Å². The summed E-state index contributed by atoms with van der Waals surface area (Å²) in [5, 5.41) is 5.45. The lowest BCUT2D eigenvalue weighted by molar-refractivity contribution is -0.120. The fourth-order valence-corrected chi connectivity index (χ4v) is 2.42. The Balaban J connectivity index is 1.51. The van der Waals surface area contributed by atoms with E-state index in [1.54, 1.807) is 18.2 Å². The van der Waals surface area contributed by atoms with Crippen molar-refractivity contribution in [1.82, 2.24) is 10.6 Å². The lowest BCUT2D eigenvalue weighted by atomic mass is 10.1. The van der Waals surface area contributed by atoms with Crippen LogP contribution in [0.2, 0.25) is 0 Å². The normalized spacial score (nSPS) is 13.2. The van der Waals surface area contributed by atoms with Gasteiger partial charge in [-0.15, -0.1) is 0 Å². The third kappa shape index (κ3) is 3.65. The van der Waals surface area contributed by atoms with Crippen LogP contribution in [0.25, 0.3) is 0 Å². The van der Waals surface area contributed by atoms with Crippen molar-refractivity contribution in [3.63, 3.8) is 0 Å². The Bertz CT molecular complexity index is 746. The molecule has 0 saturated carbocycles. The Hall–Kier alpha value is -3.02. The molecule has 1 atom stereocenters. The molecule has 0 spiro atoms. The van der Waals surface area contributed by atoms with Crippen LogP contribution in [0, 0.1) is 0 Å². The molecular weight excluding hydrogens is 308 g/mol. The van der Waals surface area contributed by atoms with Gasteiger partial charge in [-0.25, -0.2) is 0 Å². The summed E-state index contributed by atoms with van der Waals surface area (Å²) in [6.07, 6.45) is 0. The summed E-state index contributed by atoms with van der Waals surface area (Å²) in [7, 11) is 0. The van der Waals surface area contributed by atoms with E-state index >= 15 is 0 Å².